The Morgan fingerprint density at radius 3 is 2.84 bits per heavy atom. The molecule has 0 aromatic heterocycles. The van der Waals surface area contributed by atoms with Crippen LogP contribution in [-0.2, 0) is 11.3 Å². The van der Waals surface area contributed by atoms with Crippen molar-refractivity contribution >= 4 is 5.91 Å². The maximum atomic E-state index is 12.0. The highest BCUT2D eigenvalue weighted by Crippen LogP contribution is 2.12. The lowest BCUT2D eigenvalue weighted by Gasteiger charge is -2.15. The molecule has 19 heavy (non-hydrogen) atoms. The molecule has 4 heteroatoms. The Hall–Kier alpha value is -1.55. The summed E-state index contributed by atoms with van der Waals surface area (Å²) in [5.41, 5.74) is 1.09. The molecule has 0 radical (unpaired) electrons. The number of rotatable bonds is 4. The average molecular weight is 262 g/mol. The molecule has 1 aromatic carbocycles. The molecule has 1 unspecified atom stereocenters. The molecule has 2 N–H and O–H groups in total. The van der Waals surface area contributed by atoms with Crippen LogP contribution in [0.25, 0.3) is 0 Å². The van der Waals surface area contributed by atoms with Crippen LogP contribution in [0.2, 0.25) is 0 Å². The van der Waals surface area contributed by atoms with Gasteiger partial charge in [0.1, 0.15) is 5.75 Å². The van der Waals surface area contributed by atoms with Gasteiger partial charge in [0, 0.05) is 6.54 Å². The summed E-state index contributed by atoms with van der Waals surface area (Å²) in [6, 6.07) is 7.73. The first-order valence-electron chi connectivity index (χ1n) is 6.93. The van der Waals surface area contributed by atoms with Crippen molar-refractivity contribution in [3.63, 3.8) is 0 Å². The molecule has 1 aromatic rings. The minimum atomic E-state index is -0.0271. The van der Waals surface area contributed by atoms with E-state index in [9.17, 15) is 4.79 Å². The van der Waals surface area contributed by atoms with Gasteiger partial charge in [0.2, 0.25) is 5.91 Å². The third kappa shape index (κ3) is 4.24. The Morgan fingerprint density at radius 2 is 2.11 bits per heavy atom. The number of amides is 1. The number of methoxy groups -OCH3 is 1. The van der Waals surface area contributed by atoms with Crippen molar-refractivity contribution in [1.82, 2.24) is 10.6 Å². The largest absolute Gasteiger partial charge is 0.497 e. The topological polar surface area (TPSA) is 50.4 Å². The Morgan fingerprint density at radius 1 is 1.32 bits per heavy atom. The third-order valence-electron chi connectivity index (χ3n) is 3.50. The van der Waals surface area contributed by atoms with Crippen LogP contribution in [0.4, 0.5) is 0 Å². The lowest BCUT2D eigenvalue weighted by atomic mass is 10.1. The van der Waals surface area contributed by atoms with Crippen molar-refractivity contribution in [2.24, 2.45) is 0 Å². The summed E-state index contributed by atoms with van der Waals surface area (Å²) in [5.74, 6) is 0.943. The van der Waals surface area contributed by atoms with Crippen LogP contribution in [0.1, 0.15) is 31.2 Å². The Kier molecular flexibility index (Phi) is 5.21. The number of ether oxygens (including phenoxy) is 1. The van der Waals surface area contributed by atoms with Gasteiger partial charge in [-0.3, -0.25) is 4.79 Å². The van der Waals surface area contributed by atoms with E-state index < -0.39 is 0 Å². The zero-order valence-corrected chi connectivity index (χ0v) is 11.4. The lowest BCUT2D eigenvalue weighted by molar-refractivity contribution is -0.123. The highest BCUT2D eigenvalue weighted by Gasteiger charge is 2.18. The van der Waals surface area contributed by atoms with E-state index in [1.165, 1.54) is 12.8 Å². The molecule has 4 nitrogen and oxygen atoms in total. The summed E-state index contributed by atoms with van der Waals surface area (Å²) >= 11 is 0. The summed E-state index contributed by atoms with van der Waals surface area (Å²) < 4.78 is 5.11. The number of hydrogen-bond donors (Lipinski definition) is 2. The first-order chi connectivity index (χ1) is 9.29. The summed E-state index contributed by atoms with van der Waals surface area (Å²) in [6.45, 7) is 1.52. The first-order valence-corrected chi connectivity index (χ1v) is 6.93. The zero-order valence-electron chi connectivity index (χ0n) is 11.4. The van der Waals surface area contributed by atoms with Gasteiger partial charge >= 0.3 is 0 Å². The summed E-state index contributed by atoms with van der Waals surface area (Å²) in [4.78, 5) is 12.0. The molecular formula is C15H22N2O2. The van der Waals surface area contributed by atoms with Crippen molar-refractivity contribution in [3.05, 3.63) is 29.8 Å². The van der Waals surface area contributed by atoms with Crippen LogP contribution < -0.4 is 15.4 Å². The molecule has 0 bridgehead atoms. The quantitative estimate of drug-likeness (QED) is 0.870. The van der Waals surface area contributed by atoms with Crippen molar-refractivity contribution in [2.45, 2.75) is 38.3 Å². The normalized spacial score (nSPS) is 19.5. The van der Waals surface area contributed by atoms with Gasteiger partial charge in [-0.15, -0.1) is 0 Å². The van der Waals surface area contributed by atoms with Gasteiger partial charge in [0.05, 0.1) is 13.2 Å². The number of carbonyl (C=O) groups is 1. The van der Waals surface area contributed by atoms with E-state index >= 15 is 0 Å². The van der Waals surface area contributed by atoms with Gasteiger partial charge in [-0.1, -0.05) is 25.0 Å². The molecular weight excluding hydrogens is 240 g/mol. The molecule has 0 saturated carbocycles. The number of benzene rings is 1. The van der Waals surface area contributed by atoms with Gasteiger partial charge in [0.15, 0.2) is 0 Å². The first kappa shape index (κ1) is 13.9. The van der Waals surface area contributed by atoms with E-state index in [0.29, 0.717) is 6.54 Å². The van der Waals surface area contributed by atoms with E-state index in [2.05, 4.69) is 10.6 Å². The number of nitrogens with one attached hydrogen (secondary N) is 2. The van der Waals surface area contributed by atoms with Crippen molar-refractivity contribution in [3.8, 4) is 5.75 Å². The number of hydrogen-bond acceptors (Lipinski definition) is 3. The van der Waals surface area contributed by atoms with Gasteiger partial charge in [0.25, 0.3) is 0 Å². The highest BCUT2D eigenvalue weighted by atomic mass is 16.5. The maximum absolute atomic E-state index is 12.0. The van der Waals surface area contributed by atoms with Crippen molar-refractivity contribution < 1.29 is 9.53 Å². The minimum absolute atomic E-state index is 0.0271. The van der Waals surface area contributed by atoms with E-state index in [1.54, 1.807) is 7.11 Å². The molecule has 104 valence electrons. The molecule has 1 aliphatic heterocycles. The Bertz CT molecular complexity index is 395. The van der Waals surface area contributed by atoms with Crippen molar-refractivity contribution in [1.29, 1.82) is 0 Å². The summed E-state index contributed by atoms with van der Waals surface area (Å²) in [5, 5.41) is 6.30. The Balaban J connectivity index is 1.81. The van der Waals surface area contributed by atoms with Crippen LogP contribution in [0.3, 0.4) is 0 Å². The standard InChI is InChI=1S/C15H22N2O2/c1-19-13-8-6-12(7-9-13)11-17-15(18)14-5-3-2-4-10-16-14/h6-9,14,16H,2-5,10-11H2,1H3,(H,17,18). The second-order valence-electron chi connectivity index (χ2n) is 4.92. The van der Waals surface area contributed by atoms with E-state index in [1.807, 2.05) is 24.3 Å². The molecule has 1 aliphatic rings. The van der Waals surface area contributed by atoms with Crippen LogP contribution in [-0.4, -0.2) is 25.6 Å². The summed E-state index contributed by atoms with van der Waals surface area (Å²) in [7, 11) is 1.65. The SMILES string of the molecule is COc1ccc(CNC(=O)C2CCCCCN2)cc1. The third-order valence-corrected chi connectivity index (χ3v) is 3.50. The second-order valence-corrected chi connectivity index (χ2v) is 4.92. The van der Waals surface area contributed by atoms with Gasteiger partial charge in [-0.2, -0.15) is 0 Å². The van der Waals surface area contributed by atoms with Crippen LogP contribution in [0, 0.1) is 0 Å². The van der Waals surface area contributed by atoms with Gasteiger partial charge < -0.3 is 15.4 Å². The average Bonchev–Trinajstić information content (AvgIpc) is 2.74. The molecule has 1 atom stereocenters. The van der Waals surface area contributed by atoms with E-state index in [0.717, 1.165) is 30.7 Å². The molecule has 0 spiro atoms. The predicted molar refractivity (Wildman–Crippen MR) is 75.1 cm³/mol. The molecule has 1 heterocycles. The molecule has 1 amide bonds. The second kappa shape index (κ2) is 7.14. The predicted octanol–water partition coefficient (Wildman–Crippen LogP) is 1.84. The van der Waals surface area contributed by atoms with Gasteiger partial charge in [-0.25, -0.2) is 0 Å². The van der Waals surface area contributed by atoms with Crippen LogP contribution >= 0.6 is 0 Å². The minimum Gasteiger partial charge on any atom is -0.497 e. The fourth-order valence-corrected chi connectivity index (χ4v) is 2.31. The van der Waals surface area contributed by atoms with E-state index in [-0.39, 0.29) is 11.9 Å². The number of carbonyl (C=O) groups excluding carboxylic acids is 1. The van der Waals surface area contributed by atoms with Gasteiger partial charge in [-0.05, 0) is 37.1 Å². The molecule has 2 rings (SSSR count). The van der Waals surface area contributed by atoms with E-state index in [4.69, 9.17) is 4.74 Å². The monoisotopic (exact) mass is 262 g/mol. The highest BCUT2D eigenvalue weighted by molar-refractivity contribution is 5.81. The zero-order chi connectivity index (χ0) is 13.5. The summed E-state index contributed by atoms with van der Waals surface area (Å²) in [6.07, 6.45) is 4.46. The Labute approximate surface area is 114 Å². The van der Waals surface area contributed by atoms with Crippen LogP contribution in [0.15, 0.2) is 24.3 Å². The molecule has 0 aliphatic carbocycles. The smallest absolute Gasteiger partial charge is 0.237 e. The fraction of sp³-hybridized carbons (Fsp3) is 0.533. The van der Waals surface area contributed by atoms with Crippen LogP contribution in [0.5, 0.6) is 5.75 Å². The fourth-order valence-electron chi connectivity index (χ4n) is 2.31. The van der Waals surface area contributed by atoms with Crippen molar-refractivity contribution in [2.75, 3.05) is 13.7 Å². The molecule has 1 saturated heterocycles. The maximum Gasteiger partial charge on any atom is 0.237 e. The lowest BCUT2D eigenvalue weighted by Crippen LogP contribution is -2.43. The molecule has 1 fully saturated rings.